The summed E-state index contributed by atoms with van der Waals surface area (Å²) >= 11 is 0. The summed E-state index contributed by atoms with van der Waals surface area (Å²) in [6.07, 6.45) is 4.47. The van der Waals surface area contributed by atoms with Crippen LogP contribution < -0.4 is 10.4 Å². The Bertz CT molecular complexity index is 1320. The molecule has 4 aliphatic rings. The fraction of sp³-hybridized carbons (Fsp3) is 0.667. The Labute approximate surface area is 290 Å². The fourth-order valence-corrected chi connectivity index (χ4v) is 16.6. The van der Waals surface area contributed by atoms with E-state index in [9.17, 15) is 4.79 Å². The lowest BCUT2D eigenvalue weighted by Crippen LogP contribution is -2.67. The van der Waals surface area contributed by atoms with Crippen molar-refractivity contribution in [1.82, 2.24) is 0 Å². The monoisotopic (exact) mass is 694 g/mol. The number of hydrogen-bond donors (Lipinski definition) is 0. The zero-order valence-corrected chi connectivity index (χ0v) is 32.2. The van der Waals surface area contributed by atoms with Crippen LogP contribution in [0, 0.1) is 5.92 Å². The van der Waals surface area contributed by atoms with Gasteiger partial charge in [0, 0.05) is 25.2 Å². The average Bonchev–Trinajstić information content (AvgIpc) is 3.66. The van der Waals surface area contributed by atoms with Crippen molar-refractivity contribution in [3.63, 3.8) is 0 Å². The molecule has 0 aromatic heterocycles. The van der Waals surface area contributed by atoms with Gasteiger partial charge in [-0.15, -0.1) is 0 Å². The maximum Gasteiger partial charge on any atom is 0.261 e. The largest absolute Gasteiger partial charge is 0.408 e. The Hall–Kier alpha value is -1.70. The zero-order valence-electron chi connectivity index (χ0n) is 30.2. The molecule has 0 aliphatic carbocycles. The van der Waals surface area contributed by atoms with E-state index in [0.29, 0.717) is 25.9 Å². The summed E-state index contributed by atoms with van der Waals surface area (Å²) in [6.45, 7) is 16.4. The van der Waals surface area contributed by atoms with Crippen LogP contribution >= 0.6 is 0 Å². The Morgan fingerprint density at radius 3 is 2.00 bits per heavy atom. The maximum atomic E-state index is 12.0. The van der Waals surface area contributed by atoms with Gasteiger partial charge in [0.1, 0.15) is 12.4 Å². The number of carbonyl (C=O) groups excluding carboxylic acids is 1. The second-order valence-corrected chi connectivity index (χ2v) is 24.8. The van der Waals surface area contributed by atoms with E-state index >= 15 is 0 Å². The standard InChI is InChI=1S/C39H58O7Si2/c1-8-47(9-2,10-3)45-36-22-21-30(27-40)43-39(36)24-23-38(46-39)29(4)25-34-35(44-38)26-31(42-34)28-41-48(37(5,6)7,32-17-13-11-14-18-32)33-19-15-12-16-20-33/h11-20,27,29-31,34-36H,8-10,21-26,28H2,1-7H3/t29-,30-,31+,34-,35-,36+,38+,39+/m0/s1. The summed E-state index contributed by atoms with van der Waals surface area (Å²) < 4.78 is 41.7. The van der Waals surface area contributed by atoms with Crippen molar-refractivity contribution < 1.29 is 32.6 Å². The third kappa shape index (κ3) is 6.47. The second kappa shape index (κ2) is 14.1. The van der Waals surface area contributed by atoms with Crippen LogP contribution in [0.3, 0.4) is 0 Å². The van der Waals surface area contributed by atoms with Gasteiger partial charge >= 0.3 is 0 Å². The highest BCUT2D eigenvalue weighted by Crippen LogP contribution is 2.54. The van der Waals surface area contributed by atoms with Gasteiger partial charge in [-0.2, -0.15) is 0 Å². The zero-order chi connectivity index (χ0) is 34.2. The van der Waals surface area contributed by atoms with Crippen LogP contribution in [-0.2, 0) is 32.6 Å². The summed E-state index contributed by atoms with van der Waals surface area (Å²) in [6, 6.07) is 24.7. The molecule has 4 saturated heterocycles. The molecule has 0 bridgehead atoms. The van der Waals surface area contributed by atoms with Crippen molar-refractivity contribution in [2.75, 3.05) is 6.61 Å². The molecule has 7 nitrogen and oxygen atoms in total. The van der Waals surface area contributed by atoms with Gasteiger partial charge in [-0.05, 0) is 52.8 Å². The topological polar surface area (TPSA) is 72.5 Å². The number of ether oxygens (including phenoxy) is 4. The third-order valence-electron chi connectivity index (χ3n) is 12.1. The predicted octanol–water partition coefficient (Wildman–Crippen LogP) is 7.12. The smallest absolute Gasteiger partial charge is 0.261 e. The van der Waals surface area contributed by atoms with Crippen molar-refractivity contribution in [2.24, 2.45) is 5.92 Å². The molecule has 8 atom stereocenters. The molecule has 4 fully saturated rings. The number of aldehydes is 1. The van der Waals surface area contributed by atoms with Gasteiger partial charge in [-0.3, -0.25) is 0 Å². The molecular formula is C39H58O7Si2. The summed E-state index contributed by atoms with van der Waals surface area (Å²) in [5.41, 5.74) is 0. The lowest BCUT2D eigenvalue weighted by atomic mass is 9.86. The fourth-order valence-electron chi connectivity index (χ4n) is 9.08. The minimum Gasteiger partial charge on any atom is -0.408 e. The van der Waals surface area contributed by atoms with E-state index in [4.69, 9.17) is 27.8 Å². The van der Waals surface area contributed by atoms with E-state index in [1.165, 1.54) is 10.4 Å². The highest BCUT2D eigenvalue weighted by molar-refractivity contribution is 6.99. The molecular weight excluding hydrogens is 637 g/mol. The first-order valence-electron chi connectivity index (χ1n) is 18.6. The average molecular weight is 695 g/mol. The van der Waals surface area contributed by atoms with Gasteiger partial charge in [-0.1, -0.05) is 109 Å². The van der Waals surface area contributed by atoms with Crippen molar-refractivity contribution in [3.8, 4) is 0 Å². The van der Waals surface area contributed by atoms with Crippen LogP contribution in [0.2, 0.25) is 23.2 Å². The SMILES string of the molecule is CC[Si](CC)(CC)O[C@@H]1CC[C@@H](C=O)O[C@@]12CC[C@@]1(O[C@H]3C[C@H](CO[Si](c4ccccc4)(c4ccccc4)C(C)(C)C)O[C@H]3C[C@@H]1C)O2. The number of carbonyl (C=O) groups is 1. The van der Waals surface area contributed by atoms with Gasteiger partial charge in [0.15, 0.2) is 19.9 Å². The molecule has 4 aliphatic heterocycles. The molecule has 4 heterocycles. The van der Waals surface area contributed by atoms with Gasteiger partial charge in [0.05, 0.1) is 31.0 Å². The van der Waals surface area contributed by atoms with Crippen molar-refractivity contribution in [2.45, 2.75) is 152 Å². The summed E-state index contributed by atoms with van der Waals surface area (Å²) in [5, 5.41) is 2.44. The summed E-state index contributed by atoms with van der Waals surface area (Å²) in [4.78, 5) is 12.0. The molecule has 2 spiro atoms. The van der Waals surface area contributed by atoms with Crippen molar-refractivity contribution >= 4 is 33.3 Å². The summed E-state index contributed by atoms with van der Waals surface area (Å²) in [5.74, 6) is -1.66. The quantitative estimate of drug-likeness (QED) is 0.183. The molecule has 0 saturated carbocycles. The first-order valence-corrected chi connectivity index (χ1v) is 23.0. The van der Waals surface area contributed by atoms with Crippen LogP contribution in [0.5, 0.6) is 0 Å². The number of benzene rings is 2. The van der Waals surface area contributed by atoms with Crippen molar-refractivity contribution in [1.29, 1.82) is 0 Å². The van der Waals surface area contributed by atoms with Gasteiger partial charge in [0.2, 0.25) is 0 Å². The Balaban J connectivity index is 1.20. The number of fused-ring (bicyclic) bond motifs is 1. The van der Waals surface area contributed by atoms with Gasteiger partial charge < -0.3 is 32.6 Å². The summed E-state index contributed by atoms with van der Waals surface area (Å²) in [7, 11) is -4.63. The predicted molar refractivity (Wildman–Crippen MR) is 194 cm³/mol. The minimum absolute atomic E-state index is 0.0131. The number of rotatable bonds is 11. The first-order chi connectivity index (χ1) is 23.0. The van der Waals surface area contributed by atoms with Gasteiger partial charge in [0.25, 0.3) is 8.32 Å². The van der Waals surface area contributed by atoms with Crippen LogP contribution in [0.15, 0.2) is 60.7 Å². The molecule has 0 amide bonds. The van der Waals surface area contributed by atoms with Crippen LogP contribution in [-0.4, -0.2) is 71.6 Å². The molecule has 2 aromatic rings. The normalized spacial score (nSPS) is 34.1. The lowest BCUT2D eigenvalue weighted by molar-refractivity contribution is -0.389. The van der Waals surface area contributed by atoms with Crippen LogP contribution in [0.4, 0.5) is 0 Å². The second-order valence-electron chi connectivity index (χ2n) is 15.7. The Morgan fingerprint density at radius 2 is 1.44 bits per heavy atom. The van der Waals surface area contributed by atoms with E-state index < -0.39 is 34.3 Å². The Morgan fingerprint density at radius 1 is 0.833 bits per heavy atom. The molecule has 48 heavy (non-hydrogen) atoms. The van der Waals surface area contributed by atoms with E-state index in [1.807, 2.05) is 0 Å². The number of hydrogen-bond acceptors (Lipinski definition) is 7. The molecule has 9 heteroatoms. The lowest BCUT2D eigenvalue weighted by Gasteiger charge is -2.49. The molecule has 0 radical (unpaired) electrons. The molecule has 264 valence electrons. The van der Waals surface area contributed by atoms with Crippen LogP contribution in [0.25, 0.3) is 0 Å². The van der Waals surface area contributed by atoms with Crippen LogP contribution in [0.1, 0.15) is 87.0 Å². The Kier molecular flexibility index (Phi) is 10.6. The van der Waals surface area contributed by atoms with Gasteiger partial charge in [-0.25, -0.2) is 0 Å². The maximum absolute atomic E-state index is 12.0. The molecule has 2 aromatic carbocycles. The first kappa shape index (κ1) is 36.1. The third-order valence-corrected chi connectivity index (χ3v) is 21.7. The van der Waals surface area contributed by atoms with Crippen molar-refractivity contribution in [3.05, 3.63) is 60.7 Å². The molecule has 0 N–H and O–H groups in total. The van der Waals surface area contributed by atoms with E-state index in [2.05, 4.69) is 109 Å². The highest BCUT2D eigenvalue weighted by Gasteiger charge is 2.64. The van der Waals surface area contributed by atoms with E-state index in [1.54, 1.807) is 0 Å². The highest BCUT2D eigenvalue weighted by atomic mass is 28.4. The minimum atomic E-state index is -2.69. The van der Waals surface area contributed by atoms with E-state index in [0.717, 1.165) is 43.7 Å². The molecule has 0 unspecified atom stereocenters. The van der Waals surface area contributed by atoms with E-state index in [-0.39, 0.29) is 35.4 Å². The molecule has 6 rings (SSSR count).